The van der Waals surface area contributed by atoms with Crippen molar-refractivity contribution >= 4 is 36.6 Å². The Balaban J connectivity index is 3.79. The van der Waals surface area contributed by atoms with E-state index in [1.165, 1.54) is 12.5 Å². The topological polar surface area (TPSA) is 44.5 Å². The van der Waals surface area contributed by atoms with Gasteiger partial charge in [-0.2, -0.15) is 0 Å². The maximum Gasteiger partial charge on any atom is 0.186 e. The Hall–Kier alpha value is 0.748. The van der Waals surface area contributed by atoms with Crippen LogP contribution in [0.1, 0.15) is 12.8 Å². The average Bonchev–Trinajstić information content (AvgIpc) is 2.15. The summed E-state index contributed by atoms with van der Waals surface area (Å²) in [6.45, 7) is 7.65. The molecule has 0 rings (SSSR count). The molecule has 0 aromatic carbocycles. The van der Waals surface area contributed by atoms with E-state index >= 15 is 0 Å². The van der Waals surface area contributed by atoms with Gasteiger partial charge >= 0.3 is 0 Å². The molecule has 0 bridgehead atoms. The number of nitrogens with two attached hydrogens (primary N) is 1. The highest BCUT2D eigenvalue weighted by molar-refractivity contribution is 7.20. The molecule has 0 aromatic rings. The van der Waals surface area contributed by atoms with Crippen molar-refractivity contribution in [3.8, 4) is 0 Å². The van der Waals surface area contributed by atoms with Crippen LogP contribution < -0.4 is 5.73 Å². The van der Waals surface area contributed by atoms with Crippen LogP contribution >= 0.6 is 0 Å². The average molecular weight is 268 g/mol. The summed E-state index contributed by atoms with van der Waals surface area (Å²) >= 11 is 0. The van der Waals surface area contributed by atoms with Crippen molar-refractivity contribution in [3.05, 3.63) is 0 Å². The van der Waals surface area contributed by atoms with E-state index in [9.17, 15) is 0 Å². The van der Waals surface area contributed by atoms with Crippen molar-refractivity contribution in [2.45, 2.75) is 38.5 Å². The van der Waals surface area contributed by atoms with Crippen LogP contribution in [0.3, 0.4) is 0 Å². The molecule has 86 valence electrons. The Morgan fingerprint density at radius 1 is 1.43 bits per heavy atom. The molecule has 3 nitrogen and oxygen atoms in total. The van der Waals surface area contributed by atoms with Gasteiger partial charge in [0, 0.05) is 0 Å². The van der Waals surface area contributed by atoms with Crippen LogP contribution in [0.15, 0.2) is 0 Å². The zero-order valence-corrected chi connectivity index (χ0v) is 15.6. The molecule has 0 amide bonds. The third-order valence-corrected chi connectivity index (χ3v) is 18.7. The molecule has 0 fully saturated rings. The van der Waals surface area contributed by atoms with Gasteiger partial charge in [0.15, 0.2) is 26.2 Å². The second kappa shape index (κ2) is 7.96. The van der Waals surface area contributed by atoms with Crippen molar-refractivity contribution in [1.29, 1.82) is 0 Å². The summed E-state index contributed by atoms with van der Waals surface area (Å²) in [5.74, 6) is 0. The molecule has 0 aliphatic carbocycles. The first kappa shape index (κ1) is 14.7. The molecule has 0 heterocycles. The van der Waals surface area contributed by atoms with Gasteiger partial charge in [-0.05, 0) is 38.7 Å². The van der Waals surface area contributed by atoms with Crippen LogP contribution in [0.25, 0.3) is 0 Å². The second-order valence-corrected chi connectivity index (χ2v) is 18.4. The Morgan fingerprint density at radius 3 is 2.50 bits per heavy atom. The lowest BCUT2D eigenvalue weighted by atomic mass is 10.3. The molecular formula is C7H25NO2Si4. The minimum Gasteiger partial charge on any atom is -0.464 e. The minimum absolute atomic E-state index is 0.374. The first-order chi connectivity index (χ1) is 6.54. The molecular weight excluding hydrogens is 242 g/mol. The molecule has 0 radical (unpaired) electrons. The third kappa shape index (κ3) is 7.09. The highest BCUT2D eigenvalue weighted by Crippen LogP contribution is 2.13. The van der Waals surface area contributed by atoms with E-state index < -0.39 is 16.9 Å². The van der Waals surface area contributed by atoms with Crippen LogP contribution in [-0.4, -0.2) is 43.2 Å². The first-order valence-electron chi connectivity index (χ1n) is 5.41. The van der Waals surface area contributed by atoms with Crippen LogP contribution in [0.2, 0.25) is 25.7 Å². The fraction of sp³-hybridized carbons (Fsp3) is 1.00. The van der Waals surface area contributed by atoms with Gasteiger partial charge < -0.3 is 14.0 Å². The molecule has 1 unspecified atom stereocenters. The fourth-order valence-corrected chi connectivity index (χ4v) is 14.8. The maximum absolute atomic E-state index is 5.93. The maximum atomic E-state index is 5.93. The first-order valence-corrected chi connectivity index (χ1v) is 14.5. The van der Waals surface area contributed by atoms with E-state index in [2.05, 4.69) is 19.6 Å². The Labute approximate surface area is 95.9 Å². The molecule has 1 atom stereocenters. The second-order valence-electron chi connectivity index (χ2n) is 4.26. The summed E-state index contributed by atoms with van der Waals surface area (Å²) in [5.41, 5.74) is 5.49. The highest BCUT2D eigenvalue weighted by Gasteiger charge is 2.27. The van der Waals surface area contributed by atoms with Gasteiger partial charge in [-0.3, -0.25) is 0 Å². The quantitative estimate of drug-likeness (QED) is 0.462. The predicted molar refractivity (Wildman–Crippen MR) is 74.2 cm³/mol. The lowest BCUT2D eigenvalue weighted by Gasteiger charge is -2.26. The predicted octanol–water partition coefficient (Wildman–Crippen LogP) is -0.822. The number of rotatable bonds is 8. The van der Waals surface area contributed by atoms with Gasteiger partial charge in [0.1, 0.15) is 10.5 Å². The van der Waals surface area contributed by atoms with Crippen molar-refractivity contribution in [1.82, 2.24) is 0 Å². The Kier molecular flexibility index (Phi) is 8.39. The molecule has 14 heavy (non-hydrogen) atoms. The summed E-state index contributed by atoms with van der Waals surface area (Å²) in [5, 5.41) is 0. The van der Waals surface area contributed by atoms with Crippen LogP contribution in [0.5, 0.6) is 0 Å². The van der Waals surface area contributed by atoms with Crippen molar-refractivity contribution in [3.63, 3.8) is 0 Å². The lowest BCUT2D eigenvalue weighted by molar-refractivity contribution is 0.580. The standard InChI is InChI=1S/C7H25NO2Si4/c1-13(2)10-12-14(3,9-11)7-5-4-6-8/h13H,4-8,12H2,1-3,11H3. The van der Waals surface area contributed by atoms with E-state index in [-0.39, 0.29) is 9.28 Å². The molecule has 0 aliphatic rings. The third-order valence-electron chi connectivity index (χ3n) is 2.37. The van der Waals surface area contributed by atoms with Gasteiger partial charge in [-0.15, -0.1) is 0 Å². The lowest BCUT2D eigenvalue weighted by Crippen LogP contribution is -2.44. The highest BCUT2D eigenvalue weighted by atomic mass is 29.2. The molecule has 0 saturated carbocycles. The molecule has 7 heteroatoms. The zero-order valence-electron chi connectivity index (χ0n) is 10.0. The summed E-state index contributed by atoms with van der Waals surface area (Å²) in [7, 11) is -1.68. The largest absolute Gasteiger partial charge is 0.464 e. The Bertz CT molecular complexity index is 150. The van der Waals surface area contributed by atoms with E-state index in [4.69, 9.17) is 14.0 Å². The van der Waals surface area contributed by atoms with Crippen LogP contribution in [0.4, 0.5) is 0 Å². The molecule has 0 spiro atoms. The van der Waals surface area contributed by atoms with E-state index in [1.807, 2.05) is 0 Å². The number of hydrogen-bond acceptors (Lipinski definition) is 3. The van der Waals surface area contributed by atoms with Gasteiger partial charge in [-0.1, -0.05) is 6.42 Å². The van der Waals surface area contributed by atoms with Gasteiger partial charge in [0.05, 0.1) is 0 Å². The molecule has 2 N–H and O–H groups in total. The minimum atomic E-state index is -1.37. The normalized spacial score (nSPS) is 16.9. The molecule has 0 aliphatic heterocycles. The summed E-state index contributed by atoms with van der Waals surface area (Å²) in [6, 6.07) is 1.26. The molecule has 0 aromatic heterocycles. The number of hydrogen-bond donors (Lipinski definition) is 1. The Morgan fingerprint density at radius 2 is 2.07 bits per heavy atom. The molecule has 0 saturated heterocycles. The fourth-order valence-electron chi connectivity index (χ4n) is 1.22. The van der Waals surface area contributed by atoms with Gasteiger partial charge in [0.25, 0.3) is 0 Å². The van der Waals surface area contributed by atoms with E-state index in [1.54, 1.807) is 0 Å². The summed E-state index contributed by atoms with van der Waals surface area (Å²) in [6.07, 6.45) is 2.37. The van der Waals surface area contributed by atoms with Crippen molar-refractivity contribution in [2.75, 3.05) is 6.54 Å². The summed E-state index contributed by atoms with van der Waals surface area (Å²) < 4.78 is 11.8. The number of unbranched alkanes of at least 4 members (excludes halogenated alkanes) is 1. The van der Waals surface area contributed by atoms with Crippen LogP contribution in [-0.2, 0) is 8.23 Å². The monoisotopic (exact) mass is 267 g/mol. The van der Waals surface area contributed by atoms with E-state index in [0.29, 0.717) is 0 Å². The van der Waals surface area contributed by atoms with Crippen LogP contribution in [0, 0.1) is 0 Å². The van der Waals surface area contributed by atoms with Crippen molar-refractivity contribution in [2.24, 2.45) is 5.73 Å². The van der Waals surface area contributed by atoms with Gasteiger partial charge in [0.2, 0.25) is 0 Å². The van der Waals surface area contributed by atoms with E-state index in [0.717, 1.165) is 23.5 Å². The summed E-state index contributed by atoms with van der Waals surface area (Å²) in [4.78, 5) is 0. The smallest absolute Gasteiger partial charge is 0.186 e. The van der Waals surface area contributed by atoms with Crippen molar-refractivity contribution < 1.29 is 8.23 Å². The van der Waals surface area contributed by atoms with Gasteiger partial charge in [-0.25, -0.2) is 0 Å². The zero-order chi connectivity index (χ0) is 11.0. The SMILES string of the molecule is C[SiH](C)O[SiH2][Si](C)(CCCCN)O[SiH3].